The molecule has 0 unspecified atom stereocenters. The van der Waals surface area contributed by atoms with Crippen LogP contribution in [-0.2, 0) is 25.9 Å². The maximum Gasteiger partial charge on any atom is 0.387 e. The number of carbonyl (C=O) groups excluding carboxylic acids is 1. The minimum atomic E-state index is -3.87. The van der Waals surface area contributed by atoms with Crippen LogP contribution in [0.1, 0.15) is 40.4 Å². The lowest BCUT2D eigenvalue weighted by molar-refractivity contribution is -0.377. The molecule has 2 heterocycles. The Morgan fingerprint density at radius 1 is 1.12 bits per heavy atom. The van der Waals surface area contributed by atoms with E-state index in [1.54, 1.807) is 0 Å². The lowest BCUT2D eigenvalue weighted by atomic mass is 10.0. The molecule has 2 aliphatic rings. The Labute approximate surface area is 287 Å². The van der Waals surface area contributed by atoms with E-state index >= 15 is 0 Å². The summed E-state index contributed by atoms with van der Waals surface area (Å²) in [4.78, 5) is 18.6. The van der Waals surface area contributed by atoms with Gasteiger partial charge in [0.1, 0.15) is 21.7 Å². The van der Waals surface area contributed by atoms with Crippen LogP contribution in [0.15, 0.2) is 48.8 Å². The van der Waals surface area contributed by atoms with E-state index < -0.39 is 34.5 Å². The van der Waals surface area contributed by atoms with Gasteiger partial charge >= 0.3 is 12.6 Å². The first-order valence-corrected chi connectivity index (χ1v) is 17.9. The molecule has 16 heteroatoms. The second-order valence-electron chi connectivity index (χ2n) is 11.5. The van der Waals surface area contributed by atoms with Crippen LogP contribution in [0.25, 0.3) is 0 Å². The molecule has 1 aromatic heterocycles. The van der Waals surface area contributed by atoms with Gasteiger partial charge in [-0.05, 0) is 48.6 Å². The number of ether oxygens (including phenoxy) is 4. The number of carbonyl (C=O) groups is 1. The molecule has 1 aliphatic heterocycles. The molecule has 1 atom stereocenters. The van der Waals surface area contributed by atoms with E-state index in [1.165, 1.54) is 48.8 Å². The highest BCUT2D eigenvalue weighted by Gasteiger charge is 2.29. The van der Waals surface area contributed by atoms with Gasteiger partial charge in [0.2, 0.25) is 10.0 Å². The fourth-order valence-electron chi connectivity index (χ4n) is 5.22. The average Bonchev–Trinajstić information content (AvgIpc) is 3.87. The number of benzene rings is 2. The normalized spacial score (nSPS) is 16.0. The van der Waals surface area contributed by atoms with Crippen molar-refractivity contribution >= 4 is 44.9 Å². The van der Waals surface area contributed by atoms with Crippen molar-refractivity contribution in [3.05, 3.63) is 75.5 Å². The fourth-order valence-corrected chi connectivity index (χ4v) is 6.67. The van der Waals surface area contributed by atoms with Gasteiger partial charge in [-0.15, -0.1) is 0 Å². The van der Waals surface area contributed by atoms with Crippen molar-refractivity contribution in [2.45, 2.75) is 32.0 Å². The van der Waals surface area contributed by atoms with Crippen molar-refractivity contribution < 1.29 is 51.0 Å². The number of hydrogen-bond donors (Lipinski definition) is 1. The first-order chi connectivity index (χ1) is 22.9. The molecule has 1 saturated carbocycles. The quantitative estimate of drug-likeness (QED) is 0.211. The second kappa shape index (κ2) is 15.9. The summed E-state index contributed by atoms with van der Waals surface area (Å²) in [5, 5.41) is 11.8. The first-order valence-electron chi connectivity index (χ1n) is 15.3. The molecule has 1 aliphatic carbocycles. The Hall–Kier alpha value is -3.43. The molecule has 2 N–H and O–H groups in total. The Bertz CT molecular complexity index is 1690. The molecule has 48 heavy (non-hydrogen) atoms. The van der Waals surface area contributed by atoms with E-state index in [0.717, 1.165) is 23.4 Å². The van der Waals surface area contributed by atoms with E-state index in [9.17, 15) is 27.1 Å². The summed E-state index contributed by atoms with van der Waals surface area (Å²) in [7, 11) is -3.87. The number of aromatic hydroxyl groups is 1. The number of sulfonamides is 1. The molecule has 0 spiro atoms. The summed E-state index contributed by atoms with van der Waals surface area (Å²) < 4.78 is 74.9. The van der Waals surface area contributed by atoms with Crippen molar-refractivity contribution in [1.29, 1.82) is 0 Å². The number of anilines is 1. The van der Waals surface area contributed by atoms with Crippen LogP contribution in [-0.4, -0.2) is 83.3 Å². The standard InChI is InChI=1S/C32H35Cl2F2N3O8S/c1-48(42,43)39(10-9-38-11-13-44-14-12-38)26-4-2-3-22(30(26)40)31(41)46-28(16-23-24(33)17-37-18-25(23)34)21-7-8-27(47-32(35)36)29(15-21)45-19-20-5-6-20/h2-4,7-8,15,17-18,20,28,32,40H,5-6,9-14,16,19H2,1H3/p+1/t28-/m0/s1. The zero-order valence-corrected chi connectivity index (χ0v) is 28.4. The number of aromatic nitrogens is 1. The molecular formula is C32H36Cl2F2N3O8S+. The van der Waals surface area contributed by atoms with Crippen LogP contribution in [0.4, 0.5) is 14.5 Å². The van der Waals surface area contributed by atoms with Gasteiger partial charge < -0.3 is 24.1 Å². The number of halogens is 4. The van der Waals surface area contributed by atoms with Gasteiger partial charge in [0.15, 0.2) is 29.6 Å². The number of para-hydroxylation sites is 1. The number of phenols is 1. The summed E-state index contributed by atoms with van der Waals surface area (Å²) >= 11 is 12.9. The third-order valence-electron chi connectivity index (χ3n) is 7.99. The zero-order valence-electron chi connectivity index (χ0n) is 26.0. The lowest BCUT2D eigenvalue weighted by Gasteiger charge is -2.30. The topological polar surface area (TPSA) is 129 Å². The van der Waals surface area contributed by atoms with E-state index in [2.05, 4.69) is 9.72 Å². The van der Waals surface area contributed by atoms with Crippen molar-refractivity contribution in [3.8, 4) is 17.2 Å². The molecule has 0 bridgehead atoms. The van der Waals surface area contributed by atoms with E-state index in [4.69, 9.17) is 37.4 Å². The van der Waals surface area contributed by atoms with Gasteiger partial charge in [0, 0.05) is 38.2 Å². The van der Waals surface area contributed by atoms with Crippen molar-refractivity contribution in [2.24, 2.45) is 5.92 Å². The number of esters is 1. The van der Waals surface area contributed by atoms with Crippen molar-refractivity contribution in [3.63, 3.8) is 0 Å². The minimum Gasteiger partial charge on any atom is -0.505 e. The number of nitrogens with one attached hydrogen (secondary N) is 1. The molecule has 5 rings (SSSR count). The summed E-state index contributed by atoms with van der Waals surface area (Å²) in [5.74, 6) is -1.42. The van der Waals surface area contributed by atoms with E-state index in [1.807, 2.05) is 4.90 Å². The van der Waals surface area contributed by atoms with Gasteiger partial charge in [-0.2, -0.15) is 8.78 Å². The number of pyridine rings is 1. The second-order valence-corrected chi connectivity index (χ2v) is 14.3. The average molecular weight is 732 g/mol. The van der Waals surface area contributed by atoms with E-state index in [-0.39, 0.29) is 45.8 Å². The Kier molecular flexibility index (Phi) is 11.8. The highest BCUT2D eigenvalue weighted by atomic mass is 35.5. The highest BCUT2D eigenvalue weighted by molar-refractivity contribution is 7.92. The van der Waals surface area contributed by atoms with Gasteiger partial charge in [-0.1, -0.05) is 35.3 Å². The van der Waals surface area contributed by atoms with Crippen LogP contribution in [0.3, 0.4) is 0 Å². The first kappa shape index (κ1) is 35.9. The number of hydrogen-bond acceptors (Lipinski definition) is 9. The number of phenolic OH excluding ortho intramolecular Hbond substituents is 1. The molecule has 2 aromatic carbocycles. The van der Waals surface area contributed by atoms with Gasteiger partial charge in [0.05, 0.1) is 31.8 Å². The molecule has 0 amide bonds. The van der Waals surface area contributed by atoms with Gasteiger partial charge in [-0.3, -0.25) is 9.21 Å². The Morgan fingerprint density at radius 2 is 1.83 bits per heavy atom. The van der Waals surface area contributed by atoms with Crippen LogP contribution in [0, 0.1) is 5.92 Å². The largest absolute Gasteiger partial charge is 0.505 e. The van der Waals surface area contributed by atoms with Crippen LogP contribution in [0.5, 0.6) is 17.2 Å². The van der Waals surface area contributed by atoms with Crippen molar-refractivity contribution in [1.82, 2.24) is 4.90 Å². The number of H-pyrrole nitrogens is 1. The van der Waals surface area contributed by atoms with Crippen LogP contribution < -0.4 is 18.8 Å². The molecule has 1 saturated heterocycles. The third kappa shape index (κ3) is 9.38. The Balaban J connectivity index is 1.46. The number of aromatic amines is 1. The maximum atomic E-state index is 13.8. The van der Waals surface area contributed by atoms with Crippen LogP contribution >= 0.6 is 23.2 Å². The summed E-state index contributed by atoms with van der Waals surface area (Å²) in [5.41, 5.74) is 0.381. The fraction of sp³-hybridized carbons (Fsp3) is 0.438. The summed E-state index contributed by atoms with van der Waals surface area (Å²) in [6.07, 6.45) is 4.76. The molecule has 0 radical (unpaired) electrons. The Morgan fingerprint density at radius 3 is 2.48 bits per heavy atom. The molecule has 11 nitrogen and oxygen atoms in total. The lowest BCUT2D eigenvalue weighted by Crippen LogP contribution is -2.43. The van der Waals surface area contributed by atoms with Crippen LogP contribution in [0.2, 0.25) is 10.0 Å². The number of nitrogens with zero attached hydrogens (tertiary/aromatic N) is 2. The molecule has 260 valence electrons. The number of morpholine rings is 1. The summed E-state index contributed by atoms with van der Waals surface area (Å²) in [6.45, 7) is -0.0863. The zero-order chi connectivity index (χ0) is 34.4. The van der Waals surface area contributed by atoms with Gasteiger partial charge in [0.25, 0.3) is 0 Å². The smallest absolute Gasteiger partial charge is 0.387 e. The molecular weight excluding hydrogens is 695 g/mol. The van der Waals surface area contributed by atoms with E-state index in [0.29, 0.717) is 56.5 Å². The summed E-state index contributed by atoms with van der Waals surface area (Å²) in [6, 6.07) is 8.33. The third-order valence-corrected chi connectivity index (χ3v) is 9.84. The molecule has 3 aromatic rings. The van der Waals surface area contributed by atoms with Gasteiger partial charge in [-0.25, -0.2) is 18.2 Å². The maximum absolute atomic E-state index is 13.8. The SMILES string of the molecule is CS(=O)(=O)N(CCN1CCOCC1)c1cccc(C(=O)O[C@@H](Cc2c(Cl)c[nH+]cc2Cl)c2ccc(OC(F)F)c(OCC3CC3)c2)c1O. The predicted octanol–water partition coefficient (Wildman–Crippen LogP) is 5.14. The minimum absolute atomic E-state index is 0.0201. The van der Waals surface area contributed by atoms with Crippen molar-refractivity contribution in [2.75, 3.05) is 56.6 Å². The molecule has 2 fully saturated rings. The predicted molar refractivity (Wildman–Crippen MR) is 174 cm³/mol. The highest BCUT2D eigenvalue weighted by Crippen LogP contribution is 2.39. The number of alkyl halides is 2. The number of rotatable bonds is 15. The monoisotopic (exact) mass is 730 g/mol.